The van der Waals surface area contributed by atoms with Crippen molar-refractivity contribution in [1.29, 1.82) is 0 Å². The summed E-state index contributed by atoms with van der Waals surface area (Å²) in [6, 6.07) is 8.34. The molecule has 136 valence electrons. The number of thioether (sulfide) groups is 1. The monoisotopic (exact) mass is 419 g/mol. The first kappa shape index (κ1) is 20.5. The Balaban J connectivity index is 0.00000225. The highest BCUT2D eigenvalue weighted by atomic mass is 35.5. The molecule has 9 heteroatoms. The Hall–Kier alpha value is -0.830. The number of halogens is 2. The zero-order valence-corrected chi connectivity index (χ0v) is 16.8. The van der Waals surface area contributed by atoms with Gasteiger partial charge in [0.25, 0.3) is 0 Å². The van der Waals surface area contributed by atoms with E-state index in [9.17, 15) is 8.42 Å². The van der Waals surface area contributed by atoms with Gasteiger partial charge in [-0.05, 0) is 36.1 Å². The van der Waals surface area contributed by atoms with E-state index in [1.807, 2.05) is 18.4 Å². The Bertz CT molecular complexity index is 819. The van der Waals surface area contributed by atoms with Crippen molar-refractivity contribution < 1.29 is 8.42 Å². The molecule has 0 spiro atoms. The lowest BCUT2D eigenvalue weighted by atomic mass is 10.1. The van der Waals surface area contributed by atoms with E-state index in [1.165, 1.54) is 22.1 Å². The van der Waals surface area contributed by atoms with E-state index in [1.54, 1.807) is 24.5 Å². The van der Waals surface area contributed by atoms with E-state index in [2.05, 4.69) is 10.3 Å². The summed E-state index contributed by atoms with van der Waals surface area (Å²) >= 11 is 7.69. The topological polar surface area (TPSA) is 62.3 Å². The van der Waals surface area contributed by atoms with Crippen LogP contribution in [0, 0.1) is 0 Å². The maximum absolute atomic E-state index is 13.1. The number of aromatic nitrogens is 1. The van der Waals surface area contributed by atoms with Gasteiger partial charge in [0, 0.05) is 36.9 Å². The van der Waals surface area contributed by atoms with Gasteiger partial charge in [-0.15, -0.1) is 24.2 Å². The van der Waals surface area contributed by atoms with Crippen LogP contribution in [-0.2, 0) is 10.0 Å². The van der Waals surface area contributed by atoms with Crippen LogP contribution in [0.25, 0.3) is 0 Å². The summed E-state index contributed by atoms with van der Waals surface area (Å²) in [5.74, 6) is 0. The fourth-order valence-corrected chi connectivity index (χ4v) is 5.35. The van der Waals surface area contributed by atoms with Crippen LogP contribution in [-0.4, -0.2) is 43.6 Å². The number of nitrogens with one attached hydrogen (secondary N) is 1. The summed E-state index contributed by atoms with van der Waals surface area (Å²) in [6.07, 6.45) is 5.30. The van der Waals surface area contributed by atoms with Crippen LogP contribution in [0.15, 0.2) is 52.5 Å². The number of nitrogens with zero attached hydrogens (tertiary/aromatic N) is 2. The van der Waals surface area contributed by atoms with Crippen LogP contribution in [0.3, 0.4) is 0 Å². The Morgan fingerprint density at radius 2 is 2.16 bits per heavy atom. The van der Waals surface area contributed by atoms with Crippen LogP contribution in [0.4, 0.5) is 0 Å². The Morgan fingerprint density at radius 3 is 2.80 bits per heavy atom. The second kappa shape index (κ2) is 8.70. The first-order valence-electron chi connectivity index (χ1n) is 7.50. The van der Waals surface area contributed by atoms with Crippen molar-refractivity contribution in [2.45, 2.75) is 15.8 Å². The van der Waals surface area contributed by atoms with Crippen LogP contribution in [0.5, 0.6) is 0 Å². The molecule has 1 aliphatic heterocycles. The molecule has 0 bridgehead atoms. The third kappa shape index (κ3) is 4.30. The summed E-state index contributed by atoms with van der Waals surface area (Å²) in [6.45, 7) is 1.58. The molecule has 2 aromatic rings. The molecule has 1 saturated heterocycles. The van der Waals surface area contributed by atoms with Gasteiger partial charge in [-0.2, -0.15) is 4.31 Å². The van der Waals surface area contributed by atoms with Crippen molar-refractivity contribution >= 4 is 45.8 Å². The number of sulfonamides is 1. The number of hydrogen-bond acceptors (Lipinski definition) is 5. The highest BCUT2D eigenvalue weighted by Gasteiger charge is 2.34. The van der Waals surface area contributed by atoms with Gasteiger partial charge in [-0.3, -0.25) is 4.98 Å². The smallest absolute Gasteiger partial charge is 0.243 e. The quantitative estimate of drug-likeness (QED) is 0.770. The van der Waals surface area contributed by atoms with Crippen molar-refractivity contribution in [3.05, 3.63) is 53.3 Å². The molecule has 1 unspecified atom stereocenters. The molecule has 1 aromatic heterocycles. The number of piperazine rings is 1. The lowest BCUT2D eigenvalue weighted by Crippen LogP contribution is -2.48. The Morgan fingerprint density at radius 1 is 1.36 bits per heavy atom. The molecule has 5 nitrogen and oxygen atoms in total. The predicted molar refractivity (Wildman–Crippen MR) is 104 cm³/mol. The Labute approximate surface area is 163 Å². The van der Waals surface area contributed by atoms with E-state index >= 15 is 0 Å². The molecule has 0 saturated carbocycles. The molecule has 2 heterocycles. The molecule has 0 radical (unpaired) electrons. The Kier molecular flexibility index (Phi) is 7.13. The minimum absolute atomic E-state index is 0. The summed E-state index contributed by atoms with van der Waals surface area (Å²) in [7, 11) is -3.63. The number of pyridine rings is 1. The van der Waals surface area contributed by atoms with Gasteiger partial charge < -0.3 is 5.32 Å². The number of benzene rings is 1. The number of rotatable bonds is 4. The van der Waals surface area contributed by atoms with E-state index in [0.717, 1.165) is 10.5 Å². The van der Waals surface area contributed by atoms with Crippen LogP contribution in [0.1, 0.15) is 11.6 Å². The van der Waals surface area contributed by atoms with Crippen molar-refractivity contribution in [2.75, 3.05) is 25.9 Å². The fraction of sp³-hybridized carbons (Fsp3) is 0.312. The minimum Gasteiger partial charge on any atom is -0.313 e. The molecule has 25 heavy (non-hydrogen) atoms. The maximum Gasteiger partial charge on any atom is 0.243 e. The third-order valence-electron chi connectivity index (χ3n) is 3.99. The second-order valence-electron chi connectivity index (χ2n) is 5.42. The molecule has 1 atom stereocenters. The first-order chi connectivity index (χ1) is 11.5. The molecule has 0 amide bonds. The predicted octanol–water partition coefficient (Wildman–Crippen LogP) is 3.21. The van der Waals surface area contributed by atoms with Crippen molar-refractivity contribution in [1.82, 2.24) is 14.6 Å². The van der Waals surface area contributed by atoms with Gasteiger partial charge in [0.05, 0.1) is 16.0 Å². The zero-order chi connectivity index (χ0) is 17.2. The normalized spacial score (nSPS) is 18.6. The summed E-state index contributed by atoms with van der Waals surface area (Å²) in [5, 5.41) is 3.71. The average molecular weight is 420 g/mol. The summed E-state index contributed by atoms with van der Waals surface area (Å²) in [5.41, 5.74) is 0.875. The van der Waals surface area contributed by atoms with Gasteiger partial charge >= 0.3 is 0 Å². The summed E-state index contributed by atoms with van der Waals surface area (Å²) < 4.78 is 27.8. The fourth-order valence-electron chi connectivity index (χ4n) is 2.77. The van der Waals surface area contributed by atoms with Gasteiger partial charge in [0.15, 0.2) is 0 Å². The highest BCUT2D eigenvalue weighted by molar-refractivity contribution is 7.98. The largest absolute Gasteiger partial charge is 0.313 e. The average Bonchev–Trinajstić information content (AvgIpc) is 2.62. The number of hydrogen-bond donors (Lipinski definition) is 1. The first-order valence-corrected chi connectivity index (χ1v) is 10.5. The standard InChI is InChI=1S/C16H18ClN3O2S2.ClH/c1-23-16-5-4-13(9-14(16)17)24(21,22)20-8-7-19-11-15(20)12-3-2-6-18-10-12;/h2-6,9-10,15,19H,7-8,11H2,1H3;1H. The zero-order valence-electron chi connectivity index (χ0n) is 13.6. The molecular weight excluding hydrogens is 401 g/mol. The SMILES string of the molecule is CSc1ccc(S(=O)(=O)N2CCNCC2c2cccnc2)cc1Cl.Cl. The van der Waals surface area contributed by atoms with Gasteiger partial charge in [0.1, 0.15) is 0 Å². The van der Waals surface area contributed by atoms with Crippen LogP contribution in [0.2, 0.25) is 5.02 Å². The van der Waals surface area contributed by atoms with Crippen LogP contribution >= 0.6 is 35.8 Å². The molecule has 1 N–H and O–H groups in total. The van der Waals surface area contributed by atoms with E-state index in [0.29, 0.717) is 24.7 Å². The molecule has 3 rings (SSSR count). The highest BCUT2D eigenvalue weighted by Crippen LogP contribution is 2.32. The summed E-state index contributed by atoms with van der Waals surface area (Å²) in [4.78, 5) is 5.20. The van der Waals surface area contributed by atoms with E-state index in [4.69, 9.17) is 11.6 Å². The molecule has 0 aliphatic carbocycles. The molecule has 1 fully saturated rings. The van der Waals surface area contributed by atoms with Crippen molar-refractivity contribution in [3.8, 4) is 0 Å². The molecule has 1 aromatic carbocycles. The lowest BCUT2D eigenvalue weighted by molar-refractivity contribution is 0.271. The maximum atomic E-state index is 13.1. The second-order valence-corrected chi connectivity index (χ2v) is 8.56. The lowest BCUT2D eigenvalue weighted by Gasteiger charge is -2.35. The molecular formula is C16H19Cl2N3O2S2. The molecule has 1 aliphatic rings. The van der Waals surface area contributed by atoms with E-state index in [-0.39, 0.29) is 23.3 Å². The van der Waals surface area contributed by atoms with Gasteiger partial charge in [-0.25, -0.2) is 8.42 Å². The van der Waals surface area contributed by atoms with Crippen LogP contribution < -0.4 is 5.32 Å². The van der Waals surface area contributed by atoms with E-state index < -0.39 is 10.0 Å². The van der Waals surface area contributed by atoms with Crippen molar-refractivity contribution in [3.63, 3.8) is 0 Å². The van der Waals surface area contributed by atoms with Gasteiger partial charge in [0.2, 0.25) is 10.0 Å². The third-order valence-corrected chi connectivity index (χ3v) is 7.12. The minimum atomic E-state index is -3.63. The van der Waals surface area contributed by atoms with Gasteiger partial charge in [-0.1, -0.05) is 17.7 Å². The van der Waals surface area contributed by atoms with Crippen molar-refractivity contribution in [2.24, 2.45) is 0 Å².